The number of carbonyl (C=O) groups excluding carboxylic acids is 1. The third kappa shape index (κ3) is 3.53. The average molecular weight is 196 g/mol. The van der Waals surface area contributed by atoms with Crippen molar-refractivity contribution in [2.45, 2.75) is 6.92 Å². The lowest BCUT2D eigenvalue weighted by Crippen LogP contribution is -2.27. The second-order valence-corrected chi connectivity index (χ2v) is 2.84. The summed E-state index contributed by atoms with van der Waals surface area (Å²) in [5.41, 5.74) is 0.606. The van der Waals surface area contributed by atoms with Crippen molar-refractivity contribution in [2.75, 3.05) is 18.4 Å². The molecule has 0 saturated carbocycles. The molecule has 0 atom stereocenters. The first kappa shape index (κ1) is 10.7. The summed E-state index contributed by atoms with van der Waals surface area (Å²) in [5.74, 6) is -0.437. The van der Waals surface area contributed by atoms with Gasteiger partial charge in [0.15, 0.2) is 0 Å². The maximum Gasteiger partial charge on any atom is 0.238 e. The van der Waals surface area contributed by atoms with Crippen LogP contribution in [0.25, 0.3) is 0 Å². The molecule has 0 radical (unpaired) electrons. The van der Waals surface area contributed by atoms with Crippen LogP contribution in [0.2, 0.25) is 0 Å². The summed E-state index contributed by atoms with van der Waals surface area (Å²) in [5, 5.41) is 5.53. The standard InChI is InChI=1S/C10H13FN2O/c1-2-12-7-10(14)13-9-5-3-8(11)4-6-9/h3-6,12H,2,7H2,1H3,(H,13,14). The van der Waals surface area contributed by atoms with Crippen molar-refractivity contribution in [3.05, 3.63) is 30.1 Å². The Morgan fingerprint density at radius 3 is 2.57 bits per heavy atom. The van der Waals surface area contributed by atoms with E-state index in [1.54, 1.807) is 0 Å². The molecule has 4 heteroatoms. The summed E-state index contributed by atoms with van der Waals surface area (Å²) in [7, 11) is 0. The summed E-state index contributed by atoms with van der Waals surface area (Å²) in [6, 6.07) is 5.67. The molecule has 1 amide bonds. The summed E-state index contributed by atoms with van der Waals surface area (Å²) in [6.07, 6.45) is 0. The van der Waals surface area contributed by atoms with Crippen molar-refractivity contribution < 1.29 is 9.18 Å². The van der Waals surface area contributed by atoms with E-state index in [9.17, 15) is 9.18 Å². The van der Waals surface area contributed by atoms with E-state index < -0.39 is 0 Å². The van der Waals surface area contributed by atoms with Gasteiger partial charge < -0.3 is 10.6 Å². The lowest BCUT2D eigenvalue weighted by atomic mass is 10.3. The van der Waals surface area contributed by atoms with E-state index in [2.05, 4.69) is 10.6 Å². The van der Waals surface area contributed by atoms with Gasteiger partial charge in [-0.05, 0) is 30.8 Å². The van der Waals surface area contributed by atoms with Crippen LogP contribution in [0.4, 0.5) is 10.1 Å². The lowest BCUT2D eigenvalue weighted by molar-refractivity contribution is -0.115. The highest BCUT2D eigenvalue weighted by atomic mass is 19.1. The molecule has 1 rings (SSSR count). The summed E-state index contributed by atoms with van der Waals surface area (Å²) in [4.78, 5) is 11.2. The van der Waals surface area contributed by atoms with Crippen LogP contribution in [-0.4, -0.2) is 19.0 Å². The van der Waals surface area contributed by atoms with Gasteiger partial charge in [0.1, 0.15) is 5.82 Å². The molecule has 0 bridgehead atoms. The van der Waals surface area contributed by atoms with Crippen LogP contribution >= 0.6 is 0 Å². The van der Waals surface area contributed by atoms with Crippen LogP contribution in [0, 0.1) is 5.82 Å². The predicted molar refractivity (Wildman–Crippen MR) is 53.6 cm³/mol. The molecule has 0 heterocycles. The molecule has 0 unspecified atom stereocenters. The van der Waals surface area contributed by atoms with Gasteiger partial charge in [0.2, 0.25) is 5.91 Å². The van der Waals surface area contributed by atoms with Gasteiger partial charge in [-0.15, -0.1) is 0 Å². The van der Waals surface area contributed by atoms with Crippen LogP contribution in [-0.2, 0) is 4.79 Å². The molecule has 14 heavy (non-hydrogen) atoms. The van der Waals surface area contributed by atoms with Crippen LogP contribution < -0.4 is 10.6 Å². The van der Waals surface area contributed by atoms with Crippen LogP contribution in [0.1, 0.15) is 6.92 Å². The van der Waals surface area contributed by atoms with Crippen molar-refractivity contribution >= 4 is 11.6 Å². The highest BCUT2D eigenvalue weighted by Gasteiger charge is 2.00. The Morgan fingerprint density at radius 2 is 2.00 bits per heavy atom. The number of carbonyl (C=O) groups is 1. The van der Waals surface area contributed by atoms with Crippen molar-refractivity contribution in [2.24, 2.45) is 0 Å². The van der Waals surface area contributed by atoms with Crippen LogP contribution in [0.15, 0.2) is 24.3 Å². The van der Waals surface area contributed by atoms with E-state index in [-0.39, 0.29) is 18.3 Å². The van der Waals surface area contributed by atoms with Gasteiger partial charge in [-0.3, -0.25) is 4.79 Å². The SMILES string of the molecule is CCNCC(=O)Nc1ccc(F)cc1. The molecule has 2 N–H and O–H groups in total. The number of rotatable bonds is 4. The number of likely N-dealkylation sites (N-methyl/N-ethyl adjacent to an activating group) is 1. The van der Waals surface area contributed by atoms with Crippen molar-refractivity contribution in [3.8, 4) is 0 Å². The van der Waals surface area contributed by atoms with E-state index in [1.807, 2.05) is 6.92 Å². The molecule has 0 aromatic heterocycles. The Morgan fingerprint density at radius 1 is 1.36 bits per heavy atom. The van der Waals surface area contributed by atoms with Crippen molar-refractivity contribution in [1.29, 1.82) is 0 Å². The summed E-state index contributed by atoms with van der Waals surface area (Å²) in [6.45, 7) is 2.94. The van der Waals surface area contributed by atoms with Crippen LogP contribution in [0.3, 0.4) is 0 Å². The number of nitrogens with one attached hydrogen (secondary N) is 2. The molecular weight excluding hydrogens is 183 g/mol. The zero-order valence-corrected chi connectivity index (χ0v) is 8.01. The topological polar surface area (TPSA) is 41.1 Å². The first-order chi connectivity index (χ1) is 6.72. The van der Waals surface area contributed by atoms with Gasteiger partial charge in [-0.2, -0.15) is 0 Å². The van der Waals surface area contributed by atoms with E-state index in [1.165, 1.54) is 24.3 Å². The summed E-state index contributed by atoms with van der Waals surface area (Å²) >= 11 is 0. The molecule has 3 nitrogen and oxygen atoms in total. The van der Waals surface area contributed by atoms with E-state index >= 15 is 0 Å². The fourth-order valence-corrected chi connectivity index (χ4v) is 0.977. The zero-order chi connectivity index (χ0) is 10.4. The second-order valence-electron chi connectivity index (χ2n) is 2.84. The number of hydrogen-bond acceptors (Lipinski definition) is 2. The fraction of sp³-hybridized carbons (Fsp3) is 0.300. The van der Waals surface area contributed by atoms with E-state index in [0.29, 0.717) is 5.69 Å². The molecular formula is C10H13FN2O. The molecule has 0 fully saturated rings. The molecule has 0 aliphatic carbocycles. The Kier molecular flexibility index (Phi) is 4.07. The molecule has 0 aliphatic heterocycles. The molecule has 1 aromatic carbocycles. The van der Waals surface area contributed by atoms with Crippen molar-refractivity contribution in [3.63, 3.8) is 0 Å². The highest BCUT2D eigenvalue weighted by Crippen LogP contribution is 2.07. The maximum atomic E-state index is 12.5. The van der Waals surface area contributed by atoms with Crippen LogP contribution in [0.5, 0.6) is 0 Å². The second kappa shape index (κ2) is 5.34. The molecule has 76 valence electrons. The molecule has 0 spiro atoms. The van der Waals surface area contributed by atoms with E-state index in [4.69, 9.17) is 0 Å². The van der Waals surface area contributed by atoms with Gasteiger partial charge in [0, 0.05) is 5.69 Å². The first-order valence-electron chi connectivity index (χ1n) is 4.48. The third-order valence-electron chi connectivity index (χ3n) is 1.66. The minimum Gasteiger partial charge on any atom is -0.325 e. The Bertz CT molecular complexity index is 297. The van der Waals surface area contributed by atoms with E-state index in [0.717, 1.165) is 6.54 Å². The van der Waals surface area contributed by atoms with Gasteiger partial charge in [0.25, 0.3) is 0 Å². The minimum atomic E-state index is -0.310. The zero-order valence-electron chi connectivity index (χ0n) is 8.01. The number of benzene rings is 1. The first-order valence-corrected chi connectivity index (χ1v) is 4.48. The highest BCUT2D eigenvalue weighted by molar-refractivity contribution is 5.92. The fourth-order valence-electron chi connectivity index (χ4n) is 0.977. The maximum absolute atomic E-state index is 12.5. The number of halogens is 1. The monoisotopic (exact) mass is 196 g/mol. The Balaban J connectivity index is 2.44. The minimum absolute atomic E-state index is 0.126. The van der Waals surface area contributed by atoms with Gasteiger partial charge in [-0.25, -0.2) is 4.39 Å². The lowest BCUT2D eigenvalue weighted by Gasteiger charge is -2.04. The summed E-state index contributed by atoms with van der Waals surface area (Å²) < 4.78 is 12.5. The molecule has 0 aliphatic rings. The molecule has 0 saturated heterocycles. The average Bonchev–Trinajstić information content (AvgIpc) is 2.18. The van der Waals surface area contributed by atoms with Crippen molar-refractivity contribution in [1.82, 2.24) is 5.32 Å². The normalized spacial score (nSPS) is 9.86. The number of anilines is 1. The Labute approximate surface area is 82.3 Å². The quantitative estimate of drug-likeness (QED) is 0.763. The third-order valence-corrected chi connectivity index (χ3v) is 1.66. The Hall–Kier alpha value is -1.42. The number of amides is 1. The number of hydrogen-bond donors (Lipinski definition) is 2. The molecule has 1 aromatic rings. The predicted octanol–water partition coefficient (Wildman–Crippen LogP) is 1.37. The van der Waals surface area contributed by atoms with Gasteiger partial charge in [0.05, 0.1) is 6.54 Å². The van der Waals surface area contributed by atoms with Gasteiger partial charge in [-0.1, -0.05) is 6.92 Å². The smallest absolute Gasteiger partial charge is 0.238 e. The largest absolute Gasteiger partial charge is 0.325 e. The van der Waals surface area contributed by atoms with Gasteiger partial charge >= 0.3 is 0 Å².